The Morgan fingerprint density at radius 1 is 1.13 bits per heavy atom. The van der Waals surface area contributed by atoms with Crippen LogP contribution in [0.1, 0.15) is 18.1 Å². The van der Waals surface area contributed by atoms with Crippen LogP contribution >= 0.6 is 0 Å². The summed E-state index contributed by atoms with van der Waals surface area (Å²) in [5.74, 6) is 0.463. The first kappa shape index (κ1) is 16.8. The molecule has 4 nitrogen and oxygen atoms in total. The Morgan fingerprint density at radius 2 is 1.96 bits per heavy atom. The van der Waals surface area contributed by atoms with Crippen LogP contribution in [0.15, 0.2) is 48.5 Å². The summed E-state index contributed by atoms with van der Waals surface area (Å²) in [5.41, 5.74) is 1.66. The molecule has 23 heavy (non-hydrogen) atoms. The third kappa shape index (κ3) is 5.62. The predicted molar refractivity (Wildman–Crippen MR) is 88.0 cm³/mol. The first-order valence-electron chi connectivity index (χ1n) is 7.66. The number of rotatable bonds is 7. The number of hydrogen-bond donors (Lipinski definition) is 2. The van der Waals surface area contributed by atoms with Crippen molar-refractivity contribution in [3.8, 4) is 5.75 Å². The van der Waals surface area contributed by atoms with E-state index in [0.717, 1.165) is 12.2 Å². The molecular weight excluding hydrogens is 295 g/mol. The fraction of sp³-hybridized carbons (Fsp3) is 0.278. The van der Waals surface area contributed by atoms with Crippen molar-refractivity contribution in [3.63, 3.8) is 0 Å². The average molecular weight is 316 g/mol. The van der Waals surface area contributed by atoms with E-state index in [1.165, 1.54) is 11.6 Å². The van der Waals surface area contributed by atoms with Gasteiger partial charge < -0.3 is 15.4 Å². The SMILES string of the molecule is CCc1cccc(OCCNC(=O)NCc2ccccc2F)c1. The van der Waals surface area contributed by atoms with Crippen molar-refractivity contribution in [2.24, 2.45) is 0 Å². The van der Waals surface area contributed by atoms with E-state index in [-0.39, 0.29) is 18.4 Å². The molecule has 0 fully saturated rings. The summed E-state index contributed by atoms with van der Waals surface area (Å²) >= 11 is 0. The maximum absolute atomic E-state index is 13.4. The molecule has 0 spiro atoms. The van der Waals surface area contributed by atoms with E-state index in [1.807, 2.05) is 24.3 Å². The molecule has 2 N–H and O–H groups in total. The van der Waals surface area contributed by atoms with Crippen LogP contribution in [0.25, 0.3) is 0 Å². The van der Waals surface area contributed by atoms with Crippen LogP contribution in [0, 0.1) is 5.82 Å². The normalized spacial score (nSPS) is 10.2. The number of urea groups is 1. The van der Waals surface area contributed by atoms with Gasteiger partial charge in [-0.15, -0.1) is 0 Å². The summed E-state index contributed by atoms with van der Waals surface area (Å²) in [7, 11) is 0. The second kappa shape index (κ2) is 8.78. The molecule has 0 unspecified atom stereocenters. The summed E-state index contributed by atoms with van der Waals surface area (Å²) in [4.78, 5) is 11.6. The summed E-state index contributed by atoms with van der Waals surface area (Å²) in [6.07, 6.45) is 0.952. The molecule has 0 saturated carbocycles. The van der Waals surface area contributed by atoms with Crippen LogP contribution in [-0.2, 0) is 13.0 Å². The first-order chi connectivity index (χ1) is 11.2. The third-order valence-corrected chi connectivity index (χ3v) is 3.36. The second-order valence-electron chi connectivity index (χ2n) is 5.05. The minimum Gasteiger partial charge on any atom is -0.492 e. The van der Waals surface area contributed by atoms with Gasteiger partial charge in [-0.1, -0.05) is 37.3 Å². The molecule has 2 amide bonds. The summed E-state index contributed by atoms with van der Waals surface area (Å²) in [5, 5.41) is 5.28. The molecule has 0 bridgehead atoms. The number of carbonyl (C=O) groups is 1. The van der Waals surface area contributed by atoms with Gasteiger partial charge in [0.25, 0.3) is 0 Å². The summed E-state index contributed by atoms with van der Waals surface area (Å²) in [6, 6.07) is 13.9. The Labute approximate surface area is 135 Å². The quantitative estimate of drug-likeness (QED) is 0.770. The molecule has 0 aliphatic carbocycles. The standard InChI is InChI=1S/C18H21FN2O2/c1-2-14-6-5-8-16(12-14)23-11-10-20-18(22)21-13-15-7-3-4-9-17(15)19/h3-9,12H,2,10-11,13H2,1H3,(H2,20,21,22). The van der Waals surface area contributed by atoms with Gasteiger partial charge in [0, 0.05) is 12.1 Å². The van der Waals surface area contributed by atoms with Crippen LogP contribution in [0.4, 0.5) is 9.18 Å². The molecule has 0 aliphatic heterocycles. The Morgan fingerprint density at radius 3 is 2.74 bits per heavy atom. The van der Waals surface area contributed by atoms with Crippen molar-refractivity contribution in [3.05, 3.63) is 65.5 Å². The zero-order valence-corrected chi connectivity index (χ0v) is 13.1. The number of nitrogens with one attached hydrogen (secondary N) is 2. The fourth-order valence-corrected chi connectivity index (χ4v) is 2.07. The Kier molecular flexibility index (Phi) is 6.41. The topological polar surface area (TPSA) is 50.4 Å². The third-order valence-electron chi connectivity index (χ3n) is 3.36. The maximum Gasteiger partial charge on any atom is 0.315 e. The van der Waals surface area contributed by atoms with Crippen LogP contribution in [0.5, 0.6) is 5.75 Å². The van der Waals surface area contributed by atoms with Crippen molar-refractivity contribution in [1.29, 1.82) is 0 Å². The van der Waals surface area contributed by atoms with Crippen molar-refractivity contribution in [2.45, 2.75) is 19.9 Å². The van der Waals surface area contributed by atoms with E-state index >= 15 is 0 Å². The highest BCUT2D eigenvalue weighted by Crippen LogP contribution is 2.13. The minimum atomic E-state index is -0.348. The smallest absolute Gasteiger partial charge is 0.315 e. The molecule has 2 aromatic carbocycles. The van der Waals surface area contributed by atoms with E-state index in [4.69, 9.17) is 4.74 Å². The van der Waals surface area contributed by atoms with Gasteiger partial charge in [-0.25, -0.2) is 9.18 Å². The van der Waals surface area contributed by atoms with Gasteiger partial charge in [-0.05, 0) is 30.2 Å². The van der Waals surface area contributed by atoms with Crippen molar-refractivity contribution >= 4 is 6.03 Å². The average Bonchev–Trinajstić information content (AvgIpc) is 2.58. The lowest BCUT2D eigenvalue weighted by Crippen LogP contribution is -2.37. The molecule has 0 heterocycles. The van der Waals surface area contributed by atoms with Gasteiger partial charge in [0.05, 0.1) is 6.54 Å². The van der Waals surface area contributed by atoms with Crippen molar-refractivity contribution in [2.75, 3.05) is 13.2 Å². The number of amides is 2. The summed E-state index contributed by atoms with van der Waals surface area (Å²) < 4.78 is 19.0. The van der Waals surface area contributed by atoms with Crippen molar-refractivity contribution < 1.29 is 13.9 Å². The van der Waals surface area contributed by atoms with E-state index < -0.39 is 0 Å². The zero-order valence-electron chi connectivity index (χ0n) is 13.1. The largest absolute Gasteiger partial charge is 0.492 e. The van der Waals surface area contributed by atoms with Gasteiger partial charge >= 0.3 is 6.03 Å². The minimum absolute atomic E-state index is 0.151. The molecule has 2 rings (SSSR count). The molecule has 5 heteroatoms. The number of ether oxygens (including phenoxy) is 1. The lowest BCUT2D eigenvalue weighted by Gasteiger charge is -2.10. The molecule has 122 valence electrons. The number of aryl methyl sites for hydroxylation is 1. The monoisotopic (exact) mass is 316 g/mol. The molecule has 0 atom stereocenters. The van der Waals surface area contributed by atoms with Crippen LogP contribution in [0.2, 0.25) is 0 Å². The molecular formula is C18H21FN2O2. The molecule has 0 radical (unpaired) electrons. The van der Waals surface area contributed by atoms with Gasteiger partial charge in [0.15, 0.2) is 0 Å². The predicted octanol–water partition coefficient (Wildman–Crippen LogP) is 3.27. The highest BCUT2D eigenvalue weighted by Gasteiger charge is 2.03. The Hall–Kier alpha value is -2.56. The lowest BCUT2D eigenvalue weighted by molar-refractivity contribution is 0.236. The van der Waals surface area contributed by atoms with Crippen molar-refractivity contribution in [1.82, 2.24) is 10.6 Å². The number of benzene rings is 2. The second-order valence-corrected chi connectivity index (χ2v) is 5.05. The lowest BCUT2D eigenvalue weighted by atomic mass is 10.2. The van der Waals surface area contributed by atoms with E-state index in [0.29, 0.717) is 18.7 Å². The van der Waals surface area contributed by atoms with E-state index in [9.17, 15) is 9.18 Å². The number of halogens is 1. The highest BCUT2D eigenvalue weighted by molar-refractivity contribution is 5.73. The molecule has 0 aromatic heterocycles. The highest BCUT2D eigenvalue weighted by atomic mass is 19.1. The Balaban J connectivity index is 1.66. The van der Waals surface area contributed by atoms with Crippen LogP contribution in [-0.4, -0.2) is 19.2 Å². The fourth-order valence-electron chi connectivity index (χ4n) is 2.07. The Bertz CT molecular complexity index is 646. The number of carbonyl (C=O) groups excluding carboxylic acids is 1. The van der Waals surface area contributed by atoms with Gasteiger partial charge in [-0.3, -0.25) is 0 Å². The van der Waals surface area contributed by atoms with Gasteiger partial charge in [-0.2, -0.15) is 0 Å². The molecule has 2 aromatic rings. The van der Waals surface area contributed by atoms with Crippen LogP contribution < -0.4 is 15.4 Å². The van der Waals surface area contributed by atoms with Gasteiger partial charge in [0.2, 0.25) is 0 Å². The first-order valence-corrected chi connectivity index (χ1v) is 7.66. The number of hydrogen-bond acceptors (Lipinski definition) is 2. The molecule has 0 saturated heterocycles. The molecule has 0 aliphatic rings. The summed E-state index contributed by atoms with van der Waals surface area (Å²) in [6.45, 7) is 2.98. The van der Waals surface area contributed by atoms with E-state index in [1.54, 1.807) is 18.2 Å². The van der Waals surface area contributed by atoms with Crippen LogP contribution in [0.3, 0.4) is 0 Å². The van der Waals surface area contributed by atoms with Gasteiger partial charge in [0.1, 0.15) is 18.2 Å². The van der Waals surface area contributed by atoms with E-state index in [2.05, 4.69) is 17.6 Å². The maximum atomic E-state index is 13.4. The zero-order chi connectivity index (χ0) is 16.5.